The molecular weight excluding hydrogens is 430 g/mol. The van der Waals surface area contributed by atoms with Crippen LogP contribution in [0, 0.1) is 13.8 Å². The van der Waals surface area contributed by atoms with E-state index in [4.69, 9.17) is 9.73 Å². The van der Waals surface area contributed by atoms with Crippen LogP contribution in [0.5, 0.6) is 5.75 Å². The van der Waals surface area contributed by atoms with Crippen LogP contribution in [0.25, 0.3) is 0 Å². The zero-order valence-electron chi connectivity index (χ0n) is 21.1. The highest BCUT2D eigenvalue weighted by molar-refractivity contribution is 6.10. The molecule has 0 atom stereocenters. The predicted octanol–water partition coefficient (Wildman–Crippen LogP) is 7.49. The first-order valence-electron chi connectivity index (χ1n) is 12.0. The summed E-state index contributed by atoms with van der Waals surface area (Å²) in [5.74, 6) is 1.18. The molecule has 0 aliphatic carbocycles. The molecule has 1 N–H and O–H groups in total. The Morgan fingerprint density at radius 3 is 1.63 bits per heavy atom. The molecule has 0 amide bonds. The normalized spacial score (nSPS) is 12.1. The van der Waals surface area contributed by atoms with Gasteiger partial charge in [-0.2, -0.15) is 0 Å². The van der Waals surface area contributed by atoms with Crippen LogP contribution in [0.4, 0.5) is 5.69 Å². The Kier molecular flexibility index (Phi) is 7.18. The molecule has 35 heavy (non-hydrogen) atoms. The van der Waals surface area contributed by atoms with E-state index in [1.54, 1.807) is 7.11 Å². The zero-order chi connectivity index (χ0) is 25.0. The lowest BCUT2D eigenvalue weighted by molar-refractivity contribution is 0.156. The first-order valence-corrected chi connectivity index (χ1v) is 12.0. The molecular formula is C32H33NO2. The van der Waals surface area contributed by atoms with Crippen molar-refractivity contribution >= 4 is 11.4 Å². The third kappa shape index (κ3) is 5.21. The van der Waals surface area contributed by atoms with Gasteiger partial charge in [0, 0.05) is 0 Å². The maximum Gasteiger partial charge on any atom is 0.157 e. The second kappa shape index (κ2) is 10.3. The molecule has 0 unspecified atom stereocenters. The number of aryl methyl sites for hydroxylation is 2. The molecule has 0 saturated carbocycles. The van der Waals surface area contributed by atoms with Crippen LogP contribution in [0.2, 0.25) is 0 Å². The molecule has 0 aliphatic rings. The minimum Gasteiger partial charge on any atom is -0.497 e. The first kappa shape index (κ1) is 24.4. The highest BCUT2D eigenvalue weighted by atomic mass is 16.5. The van der Waals surface area contributed by atoms with Crippen LogP contribution >= 0.6 is 0 Å². The summed E-state index contributed by atoms with van der Waals surface area (Å²) in [7, 11) is 1.65. The third-order valence-electron chi connectivity index (χ3n) is 6.45. The van der Waals surface area contributed by atoms with E-state index in [1.807, 2.05) is 86.6 Å². The van der Waals surface area contributed by atoms with Crippen molar-refractivity contribution in [1.82, 2.24) is 0 Å². The Bertz CT molecular complexity index is 1240. The van der Waals surface area contributed by atoms with Gasteiger partial charge in [0.1, 0.15) is 5.75 Å². The number of nitrogens with zero attached hydrogens (tertiary/aromatic N) is 1. The topological polar surface area (TPSA) is 41.8 Å². The van der Waals surface area contributed by atoms with Gasteiger partial charge in [-0.1, -0.05) is 97.8 Å². The minimum absolute atomic E-state index is 0.416. The lowest BCUT2D eigenvalue weighted by Crippen LogP contribution is -2.38. The SMILES string of the molecule is COc1ccc(N=C(c2ccc(C(C)C)cc2)C(O)(c2ccc(C)cc2)c2ccc(C)cc2)cc1. The molecule has 0 saturated heterocycles. The summed E-state index contributed by atoms with van der Waals surface area (Å²) < 4.78 is 5.32. The van der Waals surface area contributed by atoms with Gasteiger partial charge < -0.3 is 9.84 Å². The largest absolute Gasteiger partial charge is 0.497 e. The fraction of sp³-hybridized carbons (Fsp3) is 0.219. The molecule has 0 heterocycles. The summed E-state index contributed by atoms with van der Waals surface area (Å²) in [5, 5.41) is 12.6. The van der Waals surface area contributed by atoms with E-state index in [0.29, 0.717) is 11.6 Å². The summed E-state index contributed by atoms with van der Waals surface area (Å²) in [6, 6.07) is 32.0. The number of methoxy groups -OCH3 is 1. The van der Waals surface area contributed by atoms with Crippen LogP contribution in [-0.2, 0) is 5.60 Å². The van der Waals surface area contributed by atoms with Crippen LogP contribution in [0.1, 0.15) is 53.1 Å². The number of ether oxygens (including phenoxy) is 1. The Hall–Kier alpha value is -3.69. The van der Waals surface area contributed by atoms with Crippen molar-refractivity contribution in [3.05, 3.63) is 130 Å². The van der Waals surface area contributed by atoms with Crippen molar-refractivity contribution in [3.8, 4) is 5.75 Å². The lowest BCUT2D eigenvalue weighted by Gasteiger charge is -2.32. The van der Waals surface area contributed by atoms with Gasteiger partial charge in [-0.3, -0.25) is 0 Å². The number of aliphatic imine (C=N–C) groups is 1. The Morgan fingerprint density at radius 1 is 0.714 bits per heavy atom. The van der Waals surface area contributed by atoms with Crippen LogP contribution in [0.15, 0.2) is 102 Å². The molecule has 178 valence electrons. The van der Waals surface area contributed by atoms with Gasteiger partial charge in [0.15, 0.2) is 5.60 Å². The summed E-state index contributed by atoms with van der Waals surface area (Å²) in [6.07, 6.45) is 0. The van der Waals surface area contributed by atoms with E-state index in [-0.39, 0.29) is 0 Å². The van der Waals surface area contributed by atoms with Gasteiger partial charge in [-0.05, 0) is 66.3 Å². The van der Waals surface area contributed by atoms with Crippen LogP contribution in [0.3, 0.4) is 0 Å². The molecule has 3 nitrogen and oxygen atoms in total. The number of benzene rings is 4. The molecule has 0 aromatic heterocycles. The maximum absolute atomic E-state index is 12.6. The Balaban J connectivity index is 1.98. The van der Waals surface area contributed by atoms with Gasteiger partial charge in [-0.25, -0.2) is 4.99 Å². The number of hydrogen-bond donors (Lipinski definition) is 1. The average Bonchev–Trinajstić information content (AvgIpc) is 2.88. The molecule has 4 rings (SSSR count). The standard InChI is InChI=1S/C32H33NO2/c1-22(2)25-10-12-26(13-11-25)31(33-29-18-20-30(35-5)21-19-29)32(34,27-14-6-23(3)7-15-27)28-16-8-24(4)9-17-28/h6-22,34H,1-5H3. The van der Waals surface area contributed by atoms with Gasteiger partial charge in [-0.15, -0.1) is 0 Å². The Morgan fingerprint density at radius 2 is 1.20 bits per heavy atom. The zero-order valence-corrected chi connectivity index (χ0v) is 21.1. The highest BCUT2D eigenvalue weighted by Crippen LogP contribution is 2.36. The molecule has 3 heteroatoms. The molecule has 0 radical (unpaired) electrons. The molecule has 4 aromatic rings. The first-order chi connectivity index (χ1) is 16.8. The smallest absolute Gasteiger partial charge is 0.157 e. The molecule has 0 spiro atoms. The van der Waals surface area contributed by atoms with Crippen molar-refractivity contribution in [2.45, 2.75) is 39.2 Å². The lowest BCUT2D eigenvalue weighted by atomic mass is 9.78. The summed E-state index contributed by atoms with van der Waals surface area (Å²) >= 11 is 0. The fourth-order valence-corrected chi connectivity index (χ4v) is 4.20. The van der Waals surface area contributed by atoms with E-state index in [2.05, 4.69) is 38.1 Å². The molecule has 0 aliphatic heterocycles. The predicted molar refractivity (Wildman–Crippen MR) is 145 cm³/mol. The number of hydrogen-bond acceptors (Lipinski definition) is 3. The van der Waals surface area contributed by atoms with Gasteiger partial charge >= 0.3 is 0 Å². The van der Waals surface area contributed by atoms with Crippen molar-refractivity contribution in [2.75, 3.05) is 7.11 Å². The van der Waals surface area contributed by atoms with E-state index in [1.165, 1.54) is 5.56 Å². The second-order valence-electron chi connectivity index (χ2n) is 9.38. The van der Waals surface area contributed by atoms with Crippen LogP contribution in [-0.4, -0.2) is 17.9 Å². The maximum atomic E-state index is 12.6. The van der Waals surface area contributed by atoms with Gasteiger partial charge in [0.25, 0.3) is 0 Å². The second-order valence-corrected chi connectivity index (χ2v) is 9.38. The van der Waals surface area contributed by atoms with E-state index in [9.17, 15) is 5.11 Å². The summed E-state index contributed by atoms with van der Waals surface area (Å²) in [5.41, 5.74) is 5.78. The number of aliphatic hydroxyl groups is 1. The van der Waals surface area contributed by atoms with Crippen molar-refractivity contribution < 1.29 is 9.84 Å². The van der Waals surface area contributed by atoms with Crippen molar-refractivity contribution in [2.24, 2.45) is 4.99 Å². The minimum atomic E-state index is -1.46. The van der Waals surface area contributed by atoms with Gasteiger partial charge in [0.05, 0.1) is 18.5 Å². The average molecular weight is 464 g/mol. The molecule has 4 aromatic carbocycles. The molecule has 0 fully saturated rings. The number of rotatable bonds is 7. The van der Waals surface area contributed by atoms with E-state index >= 15 is 0 Å². The third-order valence-corrected chi connectivity index (χ3v) is 6.45. The quantitative estimate of drug-likeness (QED) is 0.288. The van der Waals surface area contributed by atoms with Crippen molar-refractivity contribution in [3.63, 3.8) is 0 Å². The summed E-state index contributed by atoms with van der Waals surface area (Å²) in [6.45, 7) is 8.45. The Labute approximate surface area is 208 Å². The van der Waals surface area contributed by atoms with Gasteiger partial charge in [0.2, 0.25) is 0 Å². The van der Waals surface area contributed by atoms with E-state index < -0.39 is 5.60 Å². The molecule has 0 bridgehead atoms. The van der Waals surface area contributed by atoms with Crippen LogP contribution < -0.4 is 4.74 Å². The highest BCUT2D eigenvalue weighted by Gasteiger charge is 2.38. The summed E-state index contributed by atoms with van der Waals surface area (Å²) in [4.78, 5) is 5.06. The fourth-order valence-electron chi connectivity index (χ4n) is 4.20. The van der Waals surface area contributed by atoms with E-state index in [0.717, 1.165) is 39.3 Å². The van der Waals surface area contributed by atoms with Crippen molar-refractivity contribution in [1.29, 1.82) is 0 Å². The monoisotopic (exact) mass is 463 g/mol.